The Morgan fingerprint density at radius 1 is 1.33 bits per heavy atom. The molecule has 1 amide bonds. The van der Waals surface area contributed by atoms with Crippen molar-refractivity contribution in [3.05, 3.63) is 0 Å². The summed E-state index contributed by atoms with van der Waals surface area (Å²) in [5, 5.41) is 13.0. The molecule has 3 rings (SSSR count). The van der Waals surface area contributed by atoms with Gasteiger partial charge in [-0.1, -0.05) is 0 Å². The Bertz CT molecular complexity index is 300. The summed E-state index contributed by atoms with van der Waals surface area (Å²) in [5.41, 5.74) is -0.840. The smallest absolute Gasteiger partial charge is 0.223 e. The molecule has 1 aliphatic carbocycles. The van der Waals surface area contributed by atoms with Crippen LogP contribution in [-0.2, 0) is 14.3 Å². The molecule has 3 fully saturated rings. The lowest BCUT2D eigenvalue weighted by molar-refractivity contribution is -0.229. The maximum Gasteiger partial charge on any atom is 0.223 e. The Balaban J connectivity index is 1.88. The van der Waals surface area contributed by atoms with Gasteiger partial charge >= 0.3 is 0 Å². The average Bonchev–Trinajstić information content (AvgIpc) is 2.61. The van der Waals surface area contributed by atoms with Crippen LogP contribution >= 0.6 is 0 Å². The first-order chi connectivity index (χ1) is 7.12. The van der Waals surface area contributed by atoms with Crippen LogP contribution in [0.25, 0.3) is 0 Å². The molecule has 2 saturated heterocycles. The van der Waals surface area contributed by atoms with E-state index in [1.165, 1.54) is 0 Å². The highest BCUT2D eigenvalue weighted by Gasteiger charge is 2.56. The van der Waals surface area contributed by atoms with Gasteiger partial charge in [0.1, 0.15) is 0 Å². The molecule has 2 bridgehead atoms. The Kier molecular flexibility index (Phi) is 1.87. The second-order valence-electron chi connectivity index (χ2n) is 4.73. The standard InChI is InChI=1S/C10H15NO4/c12-8-6-9(13)1-2-10(7(5-9)11-8)14-3-4-15-10/h7,13H,1-6H2,(H,11,12)/t7-,9+/m0/s1. The van der Waals surface area contributed by atoms with Crippen molar-refractivity contribution < 1.29 is 19.4 Å². The topological polar surface area (TPSA) is 67.8 Å². The van der Waals surface area contributed by atoms with E-state index in [0.717, 1.165) is 0 Å². The summed E-state index contributed by atoms with van der Waals surface area (Å²) in [6.07, 6.45) is 1.99. The van der Waals surface area contributed by atoms with Crippen molar-refractivity contribution >= 4 is 5.91 Å². The van der Waals surface area contributed by atoms with Gasteiger partial charge in [0.25, 0.3) is 0 Å². The minimum atomic E-state index is -0.840. The molecule has 1 spiro atoms. The van der Waals surface area contributed by atoms with Crippen LogP contribution in [0.3, 0.4) is 0 Å². The number of fused-ring (bicyclic) bond motifs is 3. The lowest BCUT2D eigenvalue weighted by Gasteiger charge is -2.49. The van der Waals surface area contributed by atoms with Crippen LogP contribution in [0, 0.1) is 0 Å². The number of aliphatic hydroxyl groups is 1. The van der Waals surface area contributed by atoms with E-state index in [-0.39, 0.29) is 18.4 Å². The van der Waals surface area contributed by atoms with E-state index in [0.29, 0.717) is 32.5 Å². The van der Waals surface area contributed by atoms with E-state index in [1.54, 1.807) is 0 Å². The third-order valence-corrected chi connectivity index (χ3v) is 3.65. The summed E-state index contributed by atoms with van der Waals surface area (Å²) in [7, 11) is 0. The number of carbonyl (C=O) groups excluding carboxylic acids is 1. The van der Waals surface area contributed by atoms with E-state index in [4.69, 9.17) is 9.47 Å². The van der Waals surface area contributed by atoms with E-state index in [1.807, 2.05) is 0 Å². The number of hydrogen-bond donors (Lipinski definition) is 2. The first-order valence-corrected chi connectivity index (χ1v) is 5.42. The molecule has 5 nitrogen and oxygen atoms in total. The molecule has 2 heterocycles. The highest BCUT2D eigenvalue weighted by Crippen LogP contribution is 2.43. The third-order valence-electron chi connectivity index (χ3n) is 3.65. The van der Waals surface area contributed by atoms with E-state index in [9.17, 15) is 9.90 Å². The fraction of sp³-hybridized carbons (Fsp3) is 0.900. The highest BCUT2D eigenvalue weighted by atomic mass is 16.7. The largest absolute Gasteiger partial charge is 0.389 e. The molecule has 2 aliphatic heterocycles. The zero-order valence-electron chi connectivity index (χ0n) is 8.49. The van der Waals surface area contributed by atoms with Crippen molar-refractivity contribution in [3.8, 4) is 0 Å². The molecule has 84 valence electrons. The maximum atomic E-state index is 11.4. The second-order valence-corrected chi connectivity index (χ2v) is 4.73. The van der Waals surface area contributed by atoms with Crippen molar-refractivity contribution in [1.82, 2.24) is 5.32 Å². The summed E-state index contributed by atoms with van der Waals surface area (Å²) in [4.78, 5) is 11.4. The maximum absolute atomic E-state index is 11.4. The van der Waals surface area contributed by atoms with Crippen molar-refractivity contribution in [2.75, 3.05) is 13.2 Å². The van der Waals surface area contributed by atoms with Gasteiger partial charge in [-0.15, -0.1) is 0 Å². The molecule has 0 aromatic carbocycles. The molecular weight excluding hydrogens is 198 g/mol. The van der Waals surface area contributed by atoms with Crippen molar-refractivity contribution in [2.45, 2.75) is 43.1 Å². The molecule has 15 heavy (non-hydrogen) atoms. The normalized spacial score (nSPS) is 43.0. The fourth-order valence-electron chi connectivity index (χ4n) is 2.90. The summed E-state index contributed by atoms with van der Waals surface area (Å²) < 4.78 is 11.2. The number of rotatable bonds is 0. The quantitative estimate of drug-likeness (QED) is 0.571. The van der Waals surface area contributed by atoms with Gasteiger partial charge in [0, 0.05) is 12.8 Å². The first-order valence-electron chi connectivity index (χ1n) is 5.42. The van der Waals surface area contributed by atoms with E-state index in [2.05, 4.69) is 5.32 Å². The number of amides is 1. The minimum Gasteiger partial charge on any atom is -0.389 e. The third kappa shape index (κ3) is 1.38. The minimum absolute atomic E-state index is 0.105. The van der Waals surface area contributed by atoms with Crippen molar-refractivity contribution in [2.24, 2.45) is 0 Å². The van der Waals surface area contributed by atoms with Gasteiger partial charge < -0.3 is 19.9 Å². The van der Waals surface area contributed by atoms with Gasteiger partial charge in [0.05, 0.1) is 31.3 Å². The zero-order valence-corrected chi connectivity index (χ0v) is 8.49. The molecular formula is C10H15NO4. The number of nitrogens with one attached hydrogen (secondary N) is 1. The van der Waals surface area contributed by atoms with E-state index >= 15 is 0 Å². The molecule has 0 aromatic heterocycles. The Labute approximate surface area is 87.7 Å². The molecule has 3 aliphatic rings. The SMILES string of the molecule is O=C1C[C@@]2(O)CCC3(OCCO3)[C@H](C2)N1. The molecule has 0 unspecified atom stereocenters. The van der Waals surface area contributed by atoms with Gasteiger partial charge in [-0.2, -0.15) is 0 Å². The van der Waals surface area contributed by atoms with Crippen LogP contribution in [0.2, 0.25) is 0 Å². The highest BCUT2D eigenvalue weighted by molar-refractivity contribution is 5.78. The van der Waals surface area contributed by atoms with Crippen molar-refractivity contribution in [1.29, 1.82) is 0 Å². The number of carbonyl (C=O) groups is 1. The molecule has 5 heteroatoms. The van der Waals surface area contributed by atoms with Crippen LogP contribution in [-0.4, -0.2) is 41.7 Å². The molecule has 2 atom stereocenters. The Morgan fingerprint density at radius 2 is 2.07 bits per heavy atom. The lowest BCUT2D eigenvalue weighted by Crippen LogP contribution is -2.65. The second kappa shape index (κ2) is 2.93. The van der Waals surface area contributed by atoms with Crippen LogP contribution in [0.1, 0.15) is 25.7 Å². The van der Waals surface area contributed by atoms with E-state index < -0.39 is 11.4 Å². The molecule has 2 N–H and O–H groups in total. The number of piperidine rings is 1. The predicted molar refractivity (Wildman–Crippen MR) is 50.0 cm³/mol. The average molecular weight is 213 g/mol. The molecule has 0 radical (unpaired) electrons. The van der Waals surface area contributed by atoms with Crippen LogP contribution in [0.4, 0.5) is 0 Å². The van der Waals surface area contributed by atoms with Crippen LogP contribution < -0.4 is 5.32 Å². The predicted octanol–water partition coefficient (Wildman–Crippen LogP) is -0.467. The monoisotopic (exact) mass is 213 g/mol. The van der Waals surface area contributed by atoms with Gasteiger partial charge in [0.15, 0.2) is 5.79 Å². The van der Waals surface area contributed by atoms with Crippen LogP contribution in [0.5, 0.6) is 0 Å². The van der Waals surface area contributed by atoms with Gasteiger partial charge in [-0.05, 0) is 6.42 Å². The summed E-state index contributed by atoms with van der Waals surface area (Å²) in [6.45, 7) is 1.15. The number of hydrogen-bond acceptors (Lipinski definition) is 4. The molecule has 0 aromatic rings. The fourth-order valence-corrected chi connectivity index (χ4v) is 2.90. The Morgan fingerprint density at radius 3 is 2.80 bits per heavy atom. The lowest BCUT2D eigenvalue weighted by atomic mass is 9.73. The van der Waals surface area contributed by atoms with Gasteiger partial charge in [-0.3, -0.25) is 4.79 Å². The first kappa shape index (κ1) is 9.57. The zero-order chi connectivity index (χ0) is 10.5. The number of ether oxygens (including phenoxy) is 2. The van der Waals surface area contributed by atoms with Crippen molar-refractivity contribution in [3.63, 3.8) is 0 Å². The van der Waals surface area contributed by atoms with Gasteiger partial charge in [-0.25, -0.2) is 0 Å². The summed E-state index contributed by atoms with van der Waals surface area (Å²) in [6, 6.07) is -0.194. The summed E-state index contributed by atoms with van der Waals surface area (Å²) in [5.74, 6) is -0.769. The summed E-state index contributed by atoms with van der Waals surface area (Å²) >= 11 is 0. The van der Waals surface area contributed by atoms with Crippen LogP contribution in [0.15, 0.2) is 0 Å². The molecule has 1 saturated carbocycles. The Hall–Kier alpha value is -0.650. The van der Waals surface area contributed by atoms with Gasteiger partial charge in [0.2, 0.25) is 5.91 Å².